The number of halogens is 1. The van der Waals surface area contributed by atoms with Crippen LogP contribution in [0.25, 0.3) is 11.2 Å². The molecule has 2 amide bonds. The highest BCUT2D eigenvalue weighted by atomic mass is 19.1. The first-order valence-corrected chi connectivity index (χ1v) is 10.6. The molecule has 0 saturated carbocycles. The van der Waals surface area contributed by atoms with Crippen LogP contribution in [0, 0.1) is 5.82 Å². The average Bonchev–Trinajstić information content (AvgIpc) is 2.80. The zero-order valence-corrected chi connectivity index (χ0v) is 17.6. The summed E-state index contributed by atoms with van der Waals surface area (Å²) < 4.78 is 14.8. The number of fused-ring (bicyclic) bond motifs is 1. The third kappa shape index (κ3) is 4.77. The molecule has 9 heteroatoms. The monoisotopic (exact) mass is 436 g/mol. The van der Waals surface area contributed by atoms with E-state index < -0.39 is 0 Å². The van der Waals surface area contributed by atoms with E-state index in [-0.39, 0.29) is 30.0 Å². The molecule has 3 aromatic rings. The van der Waals surface area contributed by atoms with E-state index in [1.54, 1.807) is 35.0 Å². The van der Waals surface area contributed by atoms with Gasteiger partial charge in [-0.2, -0.15) is 0 Å². The van der Waals surface area contributed by atoms with E-state index in [0.717, 1.165) is 0 Å². The highest BCUT2D eigenvalue weighted by molar-refractivity contribution is 5.74. The molecule has 8 nitrogen and oxygen atoms in total. The highest BCUT2D eigenvalue weighted by Crippen LogP contribution is 2.18. The Balaban J connectivity index is 1.38. The average molecular weight is 436 g/mol. The van der Waals surface area contributed by atoms with E-state index in [9.17, 15) is 14.0 Å². The number of hydrogen-bond acceptors (Lipinski definition) is 5. The second-order valence-electron chi connectivity index (χ2n) is 7.70. The Morgan fingerprint density at radius 2 is 2.06 bits per heavy atom. The number of carbonyl (C=O) groups excluding carboxylic acids is 1. The van der Waals surface area contributed by atoms with Gasteiger partial charge in [0, 0.05) is 38.4 Å². The topological polar surface area (TPSA) is 92.2 Å². The van der Waals surface area contributed by atoms with E-state index in [1.807, 2.05) is 11.0 Å². The summed E-state index contributed by atoms with van der Waals surface area (Å²) in [5.41, 5.74) is 1.69. The fraction of sp³-hybridized carbons (Fsp3) is 0.304. The first-order chi connectivity index (χ1) is 15.5. The van der Waals surface area contributed by atoms with Gasteiger partial charge in [-0.15, -0.1) is 6.58 Å². The minimum Gasteiger partial charge on any atom is -0.352 e. The van der Waals surface area contributed by atoms with E-state index in [2.05, 4.69) is 27.2 Å². The number of urea groups is 1. The van der Waals surface area contributed by atoms with Crippen LogP contribution in [0.5, 0.6) is 0 Å². The van der Waals surface area contributed by atoms with E-state index in [4.69, 9.17) is 0 Å². The molecule has 0 unspecified atom stereocenters. The van der Waals surface area contributed by atoms with Crippen molar-refractivity contribution in [2.75, 3.05) is 18.0 Å². The minimum atomic E-state index is -0.331. The van der Waals surface area contributed by atoms with E-state index in [1.165, 1.54) is 12.1 Å². The van der Waals surface area contributed by atoms with Crippen molar-refractivity contribution in [2.45, 2.75) is 32.0 Å². The van der Waals surface area contributed by atoms with Gasteiger partial charge in [-0.05, 0) is 42.7 Å². The predicted octanol–water partition coefficient (Wildman–Crippen LogP) is 2.58. The van der Waals surface area contributed by atoms with Crippen molar-refractivity contribution in [1.82, 2.24) is 25.2 Å². The third-order valence-corrected chi connectivity index (χ3v) is 5.47. The number of carbonyl (C=O) groups is 1. The molecule has 2 aromatic heterocycles. The van der Waals surface area contributed by atoms with Crippen molar-refractivity contribution in [3.63, 3.8) is 0 Å². The number of aromatic nitrogens is 3. The van der Waals surface area contributed by atoms with Gasteiger partial charge in [0.25, 0.3) is 5.56 Å². The summed E-state index contributed by atoms with van der Waals surface area (Å²) in [4.78, 5) is 36.1. The molecule has 0 atom stereocenters. The molecule has 0 bridgehead atoms. The van der Waals surface area contributed by atoms with Crippen molar-refractivity contribution in [3.8, 4) is 0 Å². The van der Waals surface area contributed by atoms with Crippen LogP contribution in [0.15, 0.2) is 60.0 Å². The van der Waals surface area contributed by atoms with Gasteiger partial charge in [-0.3, -0.25) is 9.36 Å². The van der Waals surface area contributed by atoms with Crippen LogP contribution in [-0.2, 0) is 13.1 Å². The molecule has 3 heterocycles. The van der Waals surface area contributed by atoms with Gasteiger partial charge in [0.15, 0.2) is 11.5 Å². The quantitative estimate of drug-likeness (QED) is 0.580. The Morgan fingerprint density at radius 3 is 2.81 bits per heavy atom. The van der Waals surface area contributed by atoms with Gasteiger partial charge in [-0.25, -0.2) is 19.2 Å². The number of nitrogens with zero attached hydrogens (tertiary/aromatic N) is 4. The van der Waals surface area contributed by atoms with Crippen molar-refractivity contribution in [2.24, 2.45) is 0 Å². The Labute approximate surface area is 184 Å². The van der Waals surface area contributed by atoms with Gasteiger partial charge < -0.3 is 15.5 Å². The van der Waals surface area contributed by atoms with Crippen molar-refractivity contribution < 1.29 is 9.18 Å². The highest BCUT2D eigenvalue weighted by Gasteiger charge is 2.24. The second kappa shape index (κ2) is 9.59. The lowest BCUT2D eigenvalue weighted by molar-refractivity contribution is 0.234. The van der Waals surface area contributed by atoms with Crippen molar-refractivity contribution in [1.29, 1.82) is 0 Å². The molecule has 2 N–H and O–H groups in total. The number of pyridine rings is 1. The Hall–Kier alpha value is -3.75. The SMILES string of the molecule is C=CCn1c(=O)c(N2CCC(NC(=O)NCc3cccc(F)c3)CC2)nc2cccnc21. The fourth-order valence-electron chi connectivity index (χ4n) is 3.87. The van der Waals surface area contributed by atoms with E-state index >= 15 is 0 Å². The zero-order chi connectivity index (χ0) is 22.5. The molecule has 166 valence electrons. The minimum absolute atomic E-state index is 0.0173. The number of rotatable bonds is 6. The molecule has 1 saturated heterocycles. The van der Waals surface area contributed by atoms with Crippen LogP contribution in [-0.4, -0.2) is 39.7 Å². The molecule has 0 aliphatic carbocycles. The number of piperidine rings is 1. The molecule has 1 aliphatic rings. The number of benzene rings is 1. The fourth-order valence-corrected chi connectivity index (χ4v) is 3.87. The van der Waals surface area contributed by atoms with Gasteiger partial charge in [0.1, 0.15) is 11.3 Å². The summed E-state index contributed by atoms with van der Waals surface area (Å²) in [6, 6.07) is 9.44. The molecule has 0 radical (unpaired) electrons. The Bertz CT molecular complexity index is 1190. The summed E-state index contributed by atoms with van der Waals surface area (Å²) in [5, 5.41) is 5.71. The summed E-state index contributed by atoms with van der Waals surface area (Å²) in [7, 11) is 0. The second-order valence-corrected chi connectivity index (χ2v) is 7.70. The first-order valence-electron chi connectivity index (χ1n) is 10.6. The maximum atomic E-state index is 13.3. The largest absolute Gasteiger partial charge is 0.352 e. The molecule has 4 rings (SSSR count). The van der Waals surface area contributed by atoms with Crippen LogP contribution in [0.1, 0.15) is 18.4 Å². The van der Waals surface area contributed by atoms with Crippen LogP contribution in [0.2, 0.25) is 0 Å². The van der Waals surface area contributed by atoms with Crippen molar-refractivity contribution >= 4 is 23.0 Å². The lowest BCUT2D eigenvalue weighted by Crippen LogP contribution is -2.49. The van der Waals surface area contributed by atoms with Crippen LogP contribution in [0.4, 0.5) is 15.0 Å². The number of allylic oxidation sites excluding steroid dienone is 1. The molecule has 32 heavy (non-hydrogen) atoms. The standard InChI is InChI=1S/C23H25FN6O2/c1-2-11-30-20-19(7-4-10-25-20)28-21(22(30)31)29-12-8-18(9-13-29)27-23(32)26-15-16-5-3-6-17(24)14-16/h2-7,10,14,18H,1,8-9,11-13,15H2,(H2,26,27,32). The summed E-state index contributed by atoms with van der Waals surface area (Å²) in [6.07, 6.45) is 4.67. The number of anilines is 1. The normalized spacial score (nSPS) is 14.3. The van der Waals surface area contributed by atoms with Crippen molar-refractivity contribution in [3.05, 3.63) is 77.0 Å². The number of hydrogen-bond donors (Lipinski definition) is 2. The molecule has 1 aromatic carbocycles. The smallest absolute Gasteiger partial charge is 0.315 e. The number of amides is 2. The number of nitrogens with one attached hydrogen (secondary N) is 2. The lowest BCUT2D eigenvalue weighted by atomic mass is 10.1. The Kier molecular flexibility index (Phi) is 6.44. The molecule has 1 aliphatic heterocycles. The van der Waals surface area contributed by atoms with Gasteiger partial charge in [-0.1, -0.05) is 18.2 Å². The summed E-state index contributed by atoms with van der Waals surface area (Å²) in [6.45, 7) is 5.53. The first kappa shape index (κ1) is 21.5. The molecular weight excluding hydrogens is 411 g/mol. The summed E-state index contributed by atoms with van der Waals surface area (Å²) in [5.74, 6) is 0.0590. The van der Waals surface area contributed by atoms with Gasteiger partial charge >= 0.3 is 6.03 Å². The van der Waals surface area contributed by atoms with Gasteiger partial charge in [0.05, 0.1) is 0 Å². The zero-order valence-electron chi connectivity index (χ0n) is 17.6. The van der Waals surface area contributed by atoms with Crippen LogP contribution >= 0.6 is 0 Å². The maximum Gasteiger partial charge on any atom is 0.315 e. The third-order valence-electron chi connectivity index (χ3n) is 5.47. The molecule has 0 spiro atoms. The molecular formula is C23H25FN6O2. The predicted molar refractivity (Wildman–Crippen MR) is 121 cm³/mol. The van der Waals surface area contributed by atoms with E-state index in [0.29, 0.717) is 55.0 Å². The molecule has 1 fully saturated rings. The summed E-state index contributed by atoms with van der Waals surface area (Å²) >= 11 is 0. The van der Waals surface area contributed by atoms with Crippen LogP contribution in [0.3, 0.4) is 0 Å². The van der Waals surface area contributed by atoms with Crippen LogP contribution < -0.4 is 21.1 Å². The lowest BCUT2D eigenvalue weighted by Gasteiger charge is -2.33. The Morgan fingerprint density at radius 1 is 1.25 bits per heavy atom. The van der Waals surface area contributed by atoms with Gasteiger partial charge in [0.2, 0.25) is 0 Å². The maximum absolute atomic E-state index is 13.3.